The summed E-state index contributed by atoms with van der Waals surface area (Å²) in [4.78, 5) is 22.7. The van der Waals surface area contributed by atoms with E-state index in [2.05, 4.69) is 5.32 Å². The maximum Gasteiger partial charge on any atom is 0.226 e. The van der Waals surface area contributed by atoms with Crippen LogP contribution in [0.2, 0.25) is 0 Å². The van der Waals surface area contributed by atoms with Gasteiger partial charge >= 0.3 is 0 Å². The highest BCUT2D eigenvalue weighted by molar-refractivity contribution is 5.85. The van der Waals surface area contributed by atoms with Gasteiger partial charge < -0.3 is 15.2 Å². The first-order chi connectivity index (χ1) is 13.2. The number of carbonyl (C=O) groups excluding carboxylic acids is 2. The van der Waals surface area contributed by atoms with Crippen LogP contribution in [0, 0.1) is 10.8 Å². The minimum Gasteiger partial charge on any atom is -0.395 e. The Morgan fingerprint density at radius 1 is 0.815 bits per heavy atom. The number of hydrogen-bond donors (Lipinski definition) is 2. The van der Waals surface area contributed by atoms with Gasteiger partial charge in [0.2, 0.25) is 5.91 Å². The first-order valence-corrected chi connectivity index (χ1v) is 11.5. The molecule has 0 atom stereocenters. The molecule has 27 heavy (non-hydrogen) atoms. The SMILES string of the molecule is O=CCC1(CCCCCCCCCCCCC2(C(=O)NCCO)CC2)CC1. The Morgan fingerprint density at radius 3 is 1.78 bits per heavy atom. The summed E-state index contributed by atoms with van der Waals surface area (Å²) >= 11 is 0. The van der Waals surface area contributed by atoms with E-state index in [1.165, 1.54) is 77.0 Å². The Hall–Kier alpha value is -0.900. The molecule has 0 saturated heterocycles. The van der Waals surface area contributed by atoms with E-state index in [1.807, 2.05) is 0 Å². The number of aldehydes is 1. The Kier molecular flexibility index (Phi) is 9.81. The summed E-state index contributed by atoms with van der Waals surface area (Å²) in [5, 5.41) is 11.6. The zero-order valence-corrected chi connectivity index (χ0v) is 17.3. The van der Waals surface area contributed by atoms with E-state index in [0.717, 1.165) is 38.4 Å². The van der Waals surface area contributed by atoms with Crippen molar-refractivity contribution in [3.05, 3.63) is 0 Å². The van der Waals surface area contributed by atoms with E-state index >= 15 is 0 Å². The second kappa shape index (κ2) is 11.8. The van der Waals surface area contributed by atoms with Crippen molar-refractivity contribution in [2.75, 3.05) is 13.2 Å². The molecular weight excluding hydrogens is 338 g/mol. The van der Waals surface area contributed by atoms with Crippen molar-refractivity contribution in [3.8, 4) is 0 Å². The Bertz CT molecular complexity index is 441. The van der Waals surface area contributed by atoms with Gasteiger partial charge in [0.15, 0.2) is 0 Å². The molecule has 2 N–H and O–H groups in total. The van der Waals surface area contributed by atoms with E-state index in [1.54, 1.807) is 0 Å². The van der Waals surface area contributed by atoms with Crippen LogP contribution in [0.4, 0.5) is 0 Å². The number of carbonyl (C=O) groups is 2. The van der Waals surface area contributed by atoms with Gasteiger partial charge in [-0.15, -0.1) is 0 Å². The monoisotopic (exact) mass is 379 g/mol. The van der Waals surface area contributed by atoms with E-state index < -0.39 is 0 Å². The molecule has 0 aliphatic heterocycles. The Morgan fingerprint density at radius 2 is 1.33 bits per heavy atom. The Balaban J connectivity index is 1.33. The first kappa shape index (κ1) is 22.4. The number of aliphatic hydroxyl groups excluding tert-OH is 1. The lowest BCUT2D eigenvalue weighted by atomic mass is 9.94. The van der Waals surface area contributed by atoms with Crippen LogP contribution in [-0.2, 0) is 9.59 Å². The summed E-state index contributed by atoms with van der Waals surface area (Å²) in [7, 11) is 0. The Labute approximate surface area is 165 Å². The average molecular weight is 380 g/mol. The van der Waals surface area contributed by atoms with Crippen LogP contribution in [-0.4, -0.2) is 30.5 Å². The van der Waals surface area contributed by atoms with Gasteiger partial charge in [-0.3, -0.25) is 4.79 Å². The maximum atomic E-state index is 12.1. The van der Waals surface area contributed by atoms with Crippen molar-refractivity contribution in [3.63, 3.8) is 0 Å². The molecule has 2 saturated carbocycles. The molecule has 2 aliphatic rings. The number of unbranched alkanes of at least 4 members (excludes halogenated alkanes) is 9. The molecule has 2 rings (SSSR count). The van der Waals surface area contributed by atoms with E-state index in [4.69, 9.17) is 5.11 Å². The number of hydrogen-bond acceptors (Lipinski definition) is 3. The van der Waals surface area contributed by atoms with Crippen LogP contribution in [0.25, 0.3) is 0 Å². The van der Waals surface area contributed by atoms with Gasteiger partial charge in [-0.2, -0.15) is 0 Å². The normalized spacial score (nSPS) is 18.9. The molecule has 0 aromatic carbocycles. The van der Waals surface area contributed by atoms with Crippen molar-refractivity contribution in [1.82, 2.24) is 5.32 Å². The van der Waals surface area contributed by atoms with Gasteiger partial charge in [0, 0.05) is 18.4 Å². The third-order valence-electron chi connectivity index (χ3n) is 6.82. The van der Waals surface area contributed by atoms with Crippen LogP contribution >= 0.6 is 0 Å². The number of aliphatic hydroxyl groups is 1. The second-order valence-corrected chi connectivity index (χ2v) is 9.17. The van der Waals surface area contributed by atoms with E-state index in [9.17, 15) is 9.59 Å². The summed E-state index contributed by atoms with van der Waals surface area (Å²) in [6, 6.07) is 0. The first-order valence-electron chi connectivity index (χ1n) is 11.5. The molecule has 0 radical (unpaired) electrons. The van der Waals surface area contributed by atoms with Crippen LogP contribution in [0.5, 0.6) is 0 Å². The third-order valence-corrected chi connectivity index (χ3v) is 6.82. The predicted octanol–water partition coefficient (Wildman–Crippen LogP) is 4.93. The van der Waals surface area contributed by atoms with Crippen LogP contribution in [0.15, 0.2) is 0 Å². The largest absolute Gasteiger partial charge is 0.395 e. The fourth-order valence-electron chi connectivity index (χ4n) is 4.39. The molecule has 156 valence electrons. The van der Waals surface area contributed by atoms with Crippen molar-refractivity contribution < 1.29 is 14.7 Å². The second-order valence-electron chi connectivity index (χ2n) is 9.17. The molecule has 2 fully saturated rings. The van der Waals surface area contributed by atoms with Crippen LogP contribution in [0.3, 0.4) is 0 Å². The standard InChI is InChI=1S/C23H41NO3/c25-19-17-22(13-14-22)11-9-7-5-3-1-2-4-6-8-10-12-23(15-16-23)21(27)24-18-20-26/h19,26H,1-18,20H2,(H,24,27). The predicted molar refractivity (Wildman–Crippen MR) is 110 cm³/mol. The van der Waals surface area contributed by atoms with E-state index in [-0.39, 0.29) is 17.9 Å². The lowest BCUT2D eigenvalue weighted by Crippen LogP contribution is -2.33. The molecule has 0 bridgehead atoms. The fourth-order valence-corrected chi connectivity index (χ4v) is 4.39. The zero-order valence-electron chi connectivity index (χ0n) is 17.3. The summed E-state index contributed by atoms with van der Waals surface area (Å²) in [6.07, 6.45) is 21.9. The van der Waals surface area contributed by atoms with Crippen LogP contribution in [0.1, 0.15) is 109 Å². The van der Waals surface area contributed by atoms with Gasteiger partial charge in [-0.25, -0.2) is 0 Å². The molecular formula is C23H41NO3. The summed E-state index contributed by atoms with van der Waals surface area (Å²) < 4.78 is 0. The van der Waals surface area contributed by atoms with Gasteiger partial charge in [-0.05, 0) is 43.9 Å². The summed E-state index contributed by atoms with van der Waals surface area (Å²) in [6.45, 7) is 0.420. The average Bonchev–Trinajstić information content (AvgIpc) is 3.58. The molecule has 0 spiro atoms. The maximum absolute atomic E-state index is 12.1. The lowest BCUT2D eigenvalue weighted by molar-refractivity contribution is -0.126. The third kappa shape index (κ3) is 8.33. The highest BCUT2D eigenvalue weighted by Gasteiger charge is 2.48. The van der Waals surface area contributed by atoms with Gasteiger partial charge in [0.05, 0.1) is 6.61 Å². The summed E-state index contributed by atoms with van der Waals surface area (Å²) in [5.41, 5.74) is 0.347. The number of amides is 1. The molecule has 0 aromatic heterocycles. The quantitative estimate of drug-likeness (QED) is 0.262. The molecule has 2 aliphatic carbocycles. The number of nitrogens with one attached hydrogen (secondary N) is 1. The smallest absolute Gasteiger partial charge is 0.226 e. The van der Waals surface area contributed by atoms with Crippen molar-refractivity contribution in [1.29, 1.82) is 0 Å². The molecule has 1 amide bonds. The van der Waals surface area contributed by atoms with E-state index in [0.29, 0.717) is 12.0 Å². The zero-order chi connectivity index (χ0) is 19.4. The van der Waals surface area contributed by atoms with Crippen molar-refractivity contribution in [2.45, 2.75) is 109 Å². The highest BCUT2D eigenvalue weighted by atomic mass is 16.3. The minimum absolute atomic E-state index is 0.0305. The van der Waals surface area contributed by atoms with Gasteiger partial charge in [-0.1, -0.05) is 64.2 Å². The molecule has 0 heterocycles. The molecule has 4 nitrogen and oxygen atoms in total. The van der Waals surface area contributed by atoms with Crippen LogP contribution < -0.4 is 5.32 Å². The number of rotatable bonds is 18. The topological polar surface area (TPSA) is 66.4 Å². The molecule has 4 heteroatoms. The van der Waals surface area contributed by atoms with Crippen molar-refractivity contribution in [2.24, 2.45) is 10.8 Å². The van der Waals surface area contributed by atoms with Crippen molar-refractivity contribution >= 4 is 12.2 Å². The molecule has 0 aromatic rings. The van der Waals surface area contributed by atoms with Gasteiger partial charge in [0.25, 0.3) is 0 Å². The minimum atomic E-state index is -0.0834. The summed E-state index contributed by atoms with van der Waals surface area (Å²) in [5.74, 6) is 0.162. The molecule has 0 unspecified atom stereocenters. The lowest BCUT2D eigenvalue weighted by Gasteiger charge is -2.14. The van der Waals surface area contributed by atoms with Gasteiger partial charge in [0.1, 0.15) is 6.29 Å². The highest BCUT2D eigenvalue weighted by Crippen LogP contribution is 2.52. The fraction of sp³-hybridized carbons (Fsp3) is 0.913.